The van der Waals surface area contributed by atoms with Crippen molar-refractivity contribution in [3.63, 3.8) is 0 Å². The number of carbonyl (C=O) groups excluding carboxylic acids is 1. The number of carbonyl (C=O) groups is 1. The second kappa shape index (κ2) is 6.26. The van der Waals surface area contributed by atoms with Gasteiger partial charge in [0.05, 0.1) is 11.9 Å². The minimum absolute atomic E-state index is 0.0428. The minimum Gasteiger partial charge on any atom is -0.357 e. The van der Waals surface area contributed by atoms with Gasteiger partial charge in [0.2, 0.25) is 11.9 Å². The quantitative estimate of drug-likeness (QED) is 0.913. The highest BCUT2D eigenvalue weighted by Gasteiger charge is 2.17. The van der Waals surface area contributed by atoms with E-state index in [-0.39, 0.29) is 5.91 Å². The van der Waals surface area contributed by atoms with Crippen LogP contribution in [0.5, 0.6) is 0 Å². The molecule has 114 valence electrons. The van der Waals surface area contributed by atoms with E-state index in [4.69, 9.17) is 0 Å². The van der Waals surface area contributed by atoms with E-state index in [1.807, 2.05) is 11.9 Å². The molecule has 0 radical (unpaired) electrons. The molecule has 1 N–H and O–H groups in total. The standard InChI is InChI=1S/C14H21N5OS/c1-6-9-7-10-12(19(5)8-11(20)18(3)4)16-14(15-2)17-13(10)21-9/h7H,6,8H2,1-5H3,(H,15,16,17). The first-order chi connectivity index (χ1) is 9.96. The summed E-state index contributed by atoms with van der Waals surface area (Å²) in [5.74, 6) is 1.41. The highest BCUT2D eigenvalue weighted by molar-refractivity contribution is 7.18. The third-order valence-corrected chi connectivity index (χ3v) is 4.40. The smallest absolute Gasteiger partial charge is 0.241 e. The van der Waals surface area contributed by atoms with Crippen LogP contribution in [0.4, 0.5) is 11.8 Å². The molecule has 2 heterocycles. The molecule has 0 spiro atoms. The van der Waals surface area contributed by atoms with E-state index in [1.54, 1.807) is 37.4 Å². The maximum atomic E-state index is 11.9. The van der Waals surface area contributed by atoms with Gasteiger partial charge in [-0.3, -0.25) is 4.79 Å². The monoisotopic (exact) mass is 307 g/mol. The summed E-state index contributed by atoms with van der Waals surface area (Å²) in [4.78, 5) is 26.6. The summed E-state index contributed by atoms with van der Waals surface area (Å²) in [5.41, 5.74) is 0. The van der Waals surface area contributed by atoms with Crippen molar-refractivity contribution in [3.05, 3.63) is 10.9 Å². The highest BCUT2D eigenvalue weighted by Crippen LogP contribution is 2.31. The SMILES string of the molecule is CCc1cc2c(N(C)CC(=O)N(C)C)nc(NC)nc2s1. The average Bonchev–Trinajstić information content (AvgIpc) is 2.88. The van der Waals surface area contributed by atoms with E-state index >= 15 is 0 Å². The predicted molar refractivity (Wildman–Crippen MR) is 88.3 cm³/mol. The Hall–Kier alpha value is -1.89. The van der Waals surface area contributed by atoms with E-state index in [0.29, 0.717) is 12.5 Å². The van der Waals surface area contributed by atoms with Gasteiger partial charge in [0.1, 0.15) is 10.6 Å². The molecule has 0 aliphatic carbocycles. The highest BCUT2D eigenvalue weighted by atomic mass is 32.1. The second-order valence-corrected chi connectivity index (χ2v) is 6.17. The molecule has 21 heavy (non-hydrogen) atoms. The largest absolute Gasteiger partial charge is 0.357 e. The number of thiophene rings is 1. The van der Waals surface area contributed by atoms with E-state index in [0.717, 1.165) is 22.5 Å². The Bertz CT molecular complexity index is 652. The van der Waals surface area contributed by atoms with Gasteiger partial charge in [-0.25, -0.2) is 4.98 Å². The fourth-order valence-electron chi connectivity index (χ4n) is 1.95. The maximum absolute atomic E-state index is 11.9. The zero-order chi connectivity index (χ0) is 15.6. The summed E-state index contributed by atoms with van der Waals surface area (Å²) in [6.07, 6.45) is 0.968. The number of nitrogens with zero attached hydrogens (tertiary/aromatic N) is 4. The van der Waals surface area contributed by atoms with Crippen LogP contribution in [0.25, 0.3) is 10.2 Å². The van der Waals surface area contributed by atoms with Crippen molar-refractivity contribution in [2.45, 2.75) is 13.3 Å². The number of amides is 1. The Kier molecular flexibility index (Phi) is 4.62. The van der Waals surface area contributed by atoms with Gasteiger partial charge >= 0.3 is 0 Å². The average molecular weight is 307 g/mol. The summed E-state index contributed by atoms with van der Waals surface area (Å²) in [6.45, 7) is 2.41. The molecule has 0 aromatic carbocycles. The first-order valence-electron chi connectivity index (χ1n) is 6.85. The van der Waals surface area contributed by atoms with Crippen LogP contribution in [0.3, 0.4) is 0 Å². The third-order valence-electron chi connectivity index (χ3n) is 3.23. The first-order valence-corrected chi connectivity index (χ1v) is 7.67. The van der Waals surface area contributed by atoms with Gasteiger partial charge in [0.25, 0.3) is 0 Å². The van der Waals surface area contributed by atoms with Crippen molar-refractivity contribution in [1.82, 2.24) is 14.9 Å². The Morgan fingerprint density at radius 1 is 1.33 bits per heavy atom. The normalized spacial score (nSPS) is 10.7. The Morgan fingerprint density at radius 3 is 2.62 bits per heavy atom. The maximum Gasteiger partial charge on any atom is 0.241 e. The van der Waals surface area contributed by atoms with Gasteiger partial charge in [-0.1, -0.05) is 6.92 Å². The lowest BCUT2D eigenvalue weighted by Gasteiger charge is -2.21. The fourth-order valence-corrected chi connectivity index (χ4v) is 2.91. The number of likely N-dealkylation sites (N-methyl/N-ethyl adjacent to an activating group) is 2. The first kappa shape index (κ1) is 15.5. The van der Waals surface area contributed by atoms with Crippen LogP contribution in [0, 0.1) is 0 Å². The molecule has 0 unspecified atom stereocenters. The molecule has 0 aliphatic rings. The van der Waals surface area contributed by atoms with Crippen LogP contribution < -0.4 is 10.2 Å². The van der Waals surface area contributed by atoms with Crippen LogP contribution >= 0.6 is 11.3 Å². The summed E-state index contributed by atoms with van der Waals surface area (Å²) in [5, 5.41) is 3.98. The van der Waals surface area contributed by atoms with Crippen molar-refractivity contribution in [2.24, 2.45) is 0 Å². The van der Waals surface area contributed by atoms with E-state index in [9.17, 15) is 4.79 Å². The molecule has 1 amide bonds. The minimum atomic E-state index is 0.0428. The number of aromatic nitrogens is 2. The van der Waals surface area contributed by atoms with E-state index in [1.165, 1.54) is 4.88 Å². The van der Waals surface area contributed by atoms with Crippen LogP contribution in [0.15, 0.2) is 6.07 Å². The molecule has 0 fully saturated rings. The number of nitrogens with one attached hydrogen (secondary N) is 1. The molecule has 0 saturated carbocycles. The predicted octanol–water partition coefficient (Wildman–Crippen LogP) is 1.82. The summed E-state index contributed by atoms with van der Waals surface area (Å²) >= 11 is 1.67. The van der Waals surface area contributed by atoms with Crippen LogP contribution in [-0.2, 0) is 11.2 Å². The van der Waals surface area contributed by atoms with Gasteiger partial charge in [-0.05, 0) is 12.5 Å². The molecular weight excluding hydrogens is 286 g/mol. The van der Waals surface area contributed by atoms with Crippen molar-refractivity contribution < 1.29 is 4.79 Å². The lowest BCUT2D eigenvalue weighted by Crippen LogP contribution is -2.34. The summed E-state index contributed by atoms with van der Waals surface area (Å²) in [7, 11) is 7.19. The fraction of sp³-hybridized carbons (Fsp3) is 0.500. The molecule has 6 nitrogen and oxygen atoms in total. The van der Waals surface area contributed by atoms with Crippen LogP contribution in [0.2, 0.25) is 0 Å². The lowest BCUT2D eigenvalue weighted by atomic mass is 10.3. The topological polar surface area (TPSA) is 61.4 Å². The van der Waals surface area contributed by atoms with Crippen molar-refractivity contribution in [2.75, 3.05) is 45.0 Å². The van der Waals surface area contributed by atoms with Crippen molar-refractivity contribution in [1.29, 1.82) is 0 Å². The molecule has 2 aromatic rings. The number of anilines is 2. The number of rotatable bonds is 5. The zero-order valence-electron chi connectivity index (χ0n) is 13.1. The van der Waals surface area contributed by atoms with Gasteiger partial charge in [0.15, 0.2) is 0 Å². The van der Waals surface area contributed by atoms with Gasteiger partial charge < -0.3 is 15.1 Å². The zero-order valence-corrected chi connectivity index (χ0v) is 13.9. The van der Waals surface area contributed by atoms with E-state index in [2.05, 4.69) is 28.3 Å². The third kappa shape index (κ3) is 3.24. The van der Waals surface area contributed by atoms with Crippen LogP contribution in [-0.4, -0.2) is 55.5 Å². The Labute approximate surface area is 128 Å². The summed E-state index contributed by atoms with van der Waals surface area (Å²) in [6, 6.07) is 2.12. The molecule has 7 heteroatoms. The second-order valence-electron chi connectivity index (χ2n) is 5.05. The lowest BCUT2D eigenvalue weighted by molar-refractivity contribution is -0.127. The van der Waals surface area contributed by atoms with Gasteiger partial charge in [0, 0.05) is 33.1 Å². The molecular formula is C14H21N5OS. The number of hydrogen-bond acceptors (Lipinski definition) is 6. The number of aryl methyl sites for hydroxylation is 1. The molecule has 0 aliphatic heterocycles. The molecule has 0 bridgehead atoms. The van der Waals surface area contributed by atoms with Crippen molar-refractivity contribution >= 4 is 39.2 Å². The Morgan fingerprint density at radius 2 is 2.05 bits per heavy atom. The number of fused-ring (bicyclic) bond motifs is 1. The Balaban J connectivity index is 2.45. The number of hydrogen-bond donors (Lipinski definition) is 1. The molecule has 2 rings (SSSR count). The van der Waals surface area contributed by atoms with Gasteiger partial charge in [-0.2, -0.15) is 4.98 Å². The molecule has 2 aromatic heterocycles. The van der Waals surface area contributed by atoms with Crippen LogP contribution in [0.1, 0.15) is 11.8 Å². The molecule has 0 atom stereocenters. The molecule has 0 saturated heterocycles. The van der Waals surface area contributed by atoms with E-state index < -0.39 is 0 Å². The summed E-state index contributed by atoms with van der Waals surface area (Å²) < 4.78 is 0. The van der Waals surface area contributed by atoms with Gasteiger partial charge in [-0.15, -0.1) is 11.3 Å². The van der Waals surface area contributed by atoms with Crippen molar-refractivity contribution in [3.8, 4) is 0 Å².